The Morgan fingerprint density at radius 2 is 1.81 bits per heavy atom. The number of sulfonamides is 1. The molecule has 2 rings (SSSR count). The van der Waals surface area contributed by atoms with Gasteiger partial charge >= 0.3 is 0 Å². The highest BCUT2D eigenvalue weighted by Crippen LogP contribution is 2.29. The zero-order valence-electron chi connectivity index (χ0n) is 14.5. The summed E-state index contributed by atoms with van der Waals surface area (Å²) in [6.45, 7) is 1.78. The molecule has 0 bridgehead atoms. The van der Waals surface area contributed by atoms with Crippen LogP contribution in [0.5, 0.6) is 5.75 Å². The smallest absolute Gasteiger partial charge is 0.243 e. The molecule has 10 heteroatoms. The first-order valence-corrected chi connectivity index (χ1v) is 10.4. The van der Waals surface area contributed by atoms with E-state index in [0.717, 1.165) is 4.31 Å². The molecule has 0 aliphatic carbocycles. The quantitative estimate of drug-likeness (QED) is 0.681. The van der Waals surface area contributed by atoms with Gasteiger partial charge in [-0.1, -0.05) is 34.8 Å². The number of benzene rings is 2. The molecule has 146 valence electrons. The Labute approximate surface area is 173 Å². The molecule has 0 heterocycles. The summed E-state index contributed by atoms with van der Waals surface area (Å²) >= 11 is 17.9. The SMILES string of the molecule is CCOc1ccc(S(=O)(=O)N(C)CC(=O)Nc2ccc(Cl)cc2Cl)cc1Cl. The molecular formula is C17H17Cl3N2O4S. The number of anilines is 1. The number of carbonyl (C=O) groups excluding carboxylic acids is 1. The van der Waals surface area contributed by atoms with Crippen LogP contribution in [0.2, 0.25) is 15.1 Å². The van der Waals surface area contributed by atoms with Crippen molar-refractivity contribution >= 4 is 56.4 Å². The maximum Gasteiger partial charge on any atom is 0.243 e. The molecule has 6 nitrogen and oxygen atoms in total. The lowest BCUT2D eigenvalue weighted by atomic mass is 10.3. The van der Waals surface area contributed by atoms with Crippen molar-refractivity contribution in [1.29, 1.82) is 0 Å². The molecule has 2 aromatic rings. The number of carbonyl (C=O) groups is 1. The Morgan fingerprint density at radius 1 is 1.11 bits per heavy atom. The van der Waals surface area contributed by atoms with Crippen LogP contribution in [0.3, 0.4) is 0 Å². The fourth-order valence-corrected chi connectivity index (χ4v) is 4.07. The predicted octanol–water partition coefficient (Wildman–Crippen LogP) is 4.30. The van der Waals surface area contributed by atoms with E-state index in [9.17, 15) is 13.2 Å². The van der Waals surface area contributed by atoms with Crippen LogP contribution in [0.1, 0.15) is 6.92 Å². The maximum atomic E-state index is 12.7. The number of nitrogens with zero attached hydrogens (tertiary/aromatic N) is 1. The lowest BCUT2D eigenvalue weighted by Crippen LogP contribution is -2.35. The van der Waals surface area contributed by atoms with E-state index in [1.807, 2.05) is 0 Å². The Balaban J connectivity index is 2.12. The van der Waals surface area contributed by atoms with Gasteiger partial charge in [-0.25, -0.2) is 8.42 Å². The molecule has 0 unspecified atom stereocenters. The average Bonchev–Trinajstić information content (AvgIpc) is 2.59. The number of ether oxygens (including phenoxy) is 1. The average molecular weight is 452 g/mol. The van der Waals surface area contributed by atoms with Crippen LogP contribution in [0, 0.1) is 0 Å². The van der Waals surface area contributed by atoms with Crippen molar-refractivity contribution in [3.05, 3.63) is 51.5 Å². The van der Waals surface area contributed by atoms with E-state index in [-0.39, 0.29) is 14.9 Å². The van der Waals surface area contributed by atoms with Crippen LogP contribution in [-0.4, -0.2) is 38.8 Å². The summed E-state index contributed by atoms with van der Waals surface area (Å²) < 4.78 is 31.5. The van der Waals surface area contributed by atoms with E-state index in [2.05, 4.69) is 5.32 Å². The van der Waals surface area contributed by atoms with Crippen LogP contribution >= 0.6 is 34.8 Å². The fourth-order valence-electron chi connectivity index (χ4n) is 2.16. The summed E-state index contributed by atoms with van der Waals surface area (Å²) in [4.78, 5) is 12.1. The number of likely N-dealkylation sites (N-methyl/N-ethyl adjacent to an activating group) is 1. The third-order valence-electron chi connectivity index (χ3n) is 3.48. The van der Waals surface area contributed by atoms with Crippen molar-refractivity contribution in [3.63, 3.8) is 0 Å². The minimum absolute atomic E-state index is 0.0456. The first kappa shape index (κ1) is 21.8. The summed E-state index contributed by atoms with van der Waals surface area (Å²) in [7, 11) is -2.62. The van der Waals surface area contributed by atoms with Gasteiger partial charge in [0.15, 0.2) is 0 Å². The van der Waals surface area contributed by atoms with Crippen LogP contribution in [0.4, 0.5) is 5.69 Å². The highest BCUT2D eigenvalue weighted by atomic mass is 35.5. The van der Waals surface area contributed by atoms with Gasteiger partial charge in [-0.3, -0.25) is 4.79 Å². The minimum atomic E-state index is -3.92. The highest BCUT2D eigenvalue weighted by molar-refractivity contribution is 7.89. The third kappa shape index (κ3) is 5.49. The molecule has 0 saturated carbocycles. The van der Waals surface area contributed by atoms with Gasteiger partial charge in [-0.15, -0.1) is 0 Å². The van der Waals surface area contributed by atoms with Gasteiger partial charge in [0.05, 0.1) is 33.8 Å². The number of nitrogens with one attached hydrogen (secondary N) is 1. The predicted molar refractivity (Wildman–Crippen MR) is 108 cm³/mol. The number of amides is 1. The van der Waals surface area contributed by atoms with E-state index >= 15 is 0 Å². The van der Waals surface area contributed by atoms with Gasteiger partial charge in [0.2, 0.25) is 15.9 Å². The second-order valence-corrected chi connectivity index (χ2v) is 8.75. The molecule has 0 atom stereocenters. The molecule has 27 heavy (non-hydrogen) atoms. The van der Waals surface area contributed by atoms with E-state index in [1.165, 1.54) is 37.4 Å². The van der Waals surface area contributed by atoms with Gasteiger partial charge in [0.25, 0.3) is 0 Å². The molecule has 0 spiro atoms. The van der Waals surface area contributed by atoms with Gasteiger partial charge in [0, 0.05) is 12.1 Å². The summed E-state index contributed by atoms with van der Waals surface area (Å²) in [5.74, 6) is -0.168. The zero-order valence-corrected chi connectivity index (χ0v) is 17.6. The maximum absolute atomic E-state index is 12.7. The van der Waals surface area contributed by atoms with E-state index < -0.39 is 22.5 Å². The fraction of sp³-hybridized carbons (Fsp3) is 0.235. The third-order valence-corrected chi connectivity index (χ3v) is 6.13. The van der Waals surface area contributed by atoms with Gasteiger partial charge in [0.1, 0.15) is 5.75 Å². The van der Waals surface area contributed by atoms with Gasteiger partial charge < -0.3 is 10.1 Å². The van der Waals surface area contributed by atoms with E-state index in [1.54, 1.807) is 13.0 Å². The van der Waals surface area contributed by atoms with E-state index in [4.69, 9.17) is 39.5 Å². The first-order valence-electron chi connectivity index (χ1n) is 7.78. The summed E-state index contributed by atoms with van der Waals surface area (Å²) in [5.41, 5.74) is 0.334. The Bertz CT molecular complexity index is 951. The van der Waals surface area contributed by atoms with Crippen molar-refractivity contribution in [1.82, 2.24) is 4.31 Å². The lowest BCUT2D eigenvalue weighted by molar-refractivity contribution is -0.116. The molecular weight excluding hydrogens is 435 g/mol. The largest absolute Gasteiger partial charge is 0.492 e. The van der Waals surface area contributed by atoms with Crippen molar-refractivity contribution in [3.8, 4) is 5.75 Å². The standard InChI is InChI=1S/C17H17Cl3N2O4S/c1-3-26-16-7-5-12(9-14(16)20)27(24,25)22(2)10-17(23)21-15-6-4-11(18)8-13(15)19/h4-9H,3,10H2,1-2H3,(H,21,23). The van der Waals surface area contributed by atoms with E-state index in [0.29, 0.717) is 23.1 Å². The van der Waals surface area contributed by atoms with Crippen molar-refractivity contribution in [2.75, 3.05) is 25.5 Å². The molecule has 0 fully saturated rings. The minimum Gasteiger partial charge on any atom is -0.492 e. The molecule has 0 aliphatic rings. The highest BCUT2D eigenvalue weighted by Gasteiger charge is 2.24. The van der Waals surface area contributed by atoms with Crippen molar-refractivity contribution < 1.29 is 17.9 Å². The Morgan fingerprint density at radius 3 is 2.41 bits per heavy atom. The zero-order chi connectivity index (χ0) is 20.2. The summed E-state index contributed by atoms with van der Waals surface area (Å²) in [6.07, 6.45) is 0. The Hall–Kier alpha value is -1.51. The Kier molecular flexibility index (Phi) is 7.36. The molecule has 1 N–H and O–H groups in total. The van der Waals surface area contributed by atoms with Crippen molar-refractivity contribution in [2.45, 2.75) is 11.8 Å². The normalized spacial score (nSPS) is 11.5. The lowest BCUT2D eigenvalue weighted by Gasteiger charge is -2.18. The molecule has 2 aromatic carbocycles. The molecule has 0 aromatic heterocycles. The van der Waals surface area contributed by atoms with Crippen LogP contribution in [0.25, 0.3) is 0 Å². The first-order chi connectivity index (χ1) is 12.6. The number of halogens is 3. The molecule has 0 aliphatic heterocycles. The second kappa shape index (κ2) is 9.12. The number of hydrogen-bond donors (Lipinski definition) is 1. The summed E-state index contributed by atoms with van der Waals surface area (Å²) in [6, 6.07) is 8.69. The number of rotatable bonds is 7. The van der Waals surface area contributed by atoms with Crippen LogP contribution in [0.15, 0.2) is 41.3 Å². The monoisotopic (exact) mass is 450 g/mol. The number of hydrogen-bond acceptors (Lipinski definition) is 4. The molecule has 0 saturated heterocycles. The summed E-state index contributed by atoms with van der Waals surface area (Å²) in [5, 5.41) is 3.39. The van der Waals surface area contributed by atoms with Crippen LogP contribution < -0.4 is 10.1 Å². The topological polar surface area (TPSA) is 75.7 Å². The van der Waals surface area contributed by atoms with Crippen molar-refractivity contribution in [2.24, 2.45) is 0 Å². The van der Waals surface area contributed by atoms with Gasteiger partial charge in [-0.2, -0.15) is 4.31 Å². The second-order valence-electron chi connectivity index (χ2n) is 5.46. The van der Waals surface area contributed by atoms with Gasteiger partial charge in [-0.05, 0) is 43.3 Å². The van der Waals surface area contributed by atoms with Crippen LogP contribution in [-0.2, 0) is 14.8 Å². The molecule has 1 amide bonds. The molecule has 0 radical (unpaired) electrons.